The lowest BCUT2D eigenvalue weighted by atomic mass is 9.44. The lowest BCUT2D eigenvalue weighted by Gasteiger charge is -2.67. The number of aliphatic hydroxyl groups is 3. The van der Waals surface area contributed by atoms with E-state index in [1.54, 1.807) is 92.7 Å². The van der Waals surface area contributed by atoms with E-state index in [0.717, 1.165) is 13.8 Å². The van der Waals surface area contributed by atoms with Gasteiger partial charge in [-0.15, -0.1) is 0 Å². The Bertz CT molecular complexity index is 3010. The van der Waals surface area contributed by atoms with Crippen LogP contribution in [0.15, 0.2) is 120 Å². The van der Waals surface area contributed by atoms with E-state index in [0.29, 0.717) is 16.1 Å². The summed E-state index contributed by atoms with van der Waals surface area (Å²) in [6.45, 7) is 7.97. The second kappa shape index (κ2) is 23.2. The van der Waals surface area contributed by atoms with Crippen LogP contribution in [-0.4, -0.2) is 128 Å². The summed E-state index contributed by atoms with van der Waals surface area (Å²) in [6.07, 6.45) is -10.8. The van der Waals surface area contributed by atoms with Crippen molar-refractivity contribution in [3.8, 4) is 0 Å². The van der Waals surface area contributed by atoms with Crippen LogP contribution in [-0.2, 0) is 47.7 Å². The molecule has 1 amide bonds. The molecule has 4 aliphatic rings. The Morgan fingerprint density at radius 1 is 0.808 bits per heavy atom. The molecule has 1 saturated heterocycles. The number of carbonyl (C=O) groups excluding carboxylic acids is 7. The zero-order chi connectivity index (χ0) is 57.2. The Hall–Kier alpha value is -6.84. The summed E-state index contributed by atoms with van der Waals surface area (Å²) in [7, 11) is 0. The van der Waals surface area contributed by atoms with Crippen molar-refractivity contribution in [1.82, 2.24) is 5.32 Å². The fourth-order valence-corrected chi connectivity index (χ4v) is 11.6. The molecule has 1 aliphatic heterocycles. The van der Waals surface area contributed by atoms with Crippen molar-refractivity contribution in [2.45, 2.75) is 121 Å². The molecule has 2 bridgehead atoms. The van der Waals surface area contributed by atoms with Gasteiger partial charge in [-0.1, -0.05) is 104 Å². The number of fused-ring (bicyclic) bond motifs is 5. The highest BCUT2D eigenvalue weighted by atomic mass is 35.5. The largest absolute Gasteiger partial charge is 0.480 e. The van der Waals surface area contributed by atoms with Crippen LogP contribution in [0, 0.1) is 16.7 Å². The summed E-state index contributed by atoms with van der Waals surface area (Å²) in [4.78, 5) is 105. The molecule has 2 saturated carbocycles. The fraction of sp³-hybridized carbons (Fsp3) is 0.404. The van der Waals surface area contributed by atoms with Crippen molar-refractivity contribution in [3.63, 3.8) is 0 Å². The lowest BCUT2D eigenvalue weighted by Crippen LogP contribution is -2.82. The van der Waals surface area contributed by atoms with Gasteiger partial charge >= 0.3 is 29.8 Å². The normalized spacial score (nSPS) is 27.8. The van der Waals surface area contributed by atoms with E-state index in [1.165, 1.54) is 44.2 Å². The average Bonchev–Trinajstić information content (AvgIpc) is 3.45. The van der Waals surface area contributed by atoms with Gasteiger partial charge in [0.25, 0.3) is 5.91 Å². The molecule has 21 heteroatoms. The van der Waals surface area contributed by atoms with Crippen LogP contribution in [0.3, 0.4) is 0 Å². The molecule has 4 aromatic rings. The maximum Gasteiger partial charge on any atom is 0.338 e. The number of carbonyl (C=O) groups is 8. The molecule has 0 aromatic heterocycles. The van der Waals surface area contributed by atoms with E-state index >= 15 is 4.79 Å². The second-order valence-electron chi connectivity index (χ2n) is 20.6. The van der Waals surface area contributed by atoms with E-state index < -0.39 is 125 Å². The molecule has 0 radical (unpaired) electrons. The molecule has 3 fully saturated rings. The number of ketones is 2. The fourth-order valence-electron chi connectivity index (χ4n) is 11.3. The minimum atomic E-state index is -2.39. The first-order valence-electron chi connectivity index (χ1n) is 24.9. The van der Waals surface area contributed by atoms with E-state index in [1.807, 2.05) is 0 Å². The van der Waals surface area contributed by atoms with E-state index in [4.69, 9.17) is 57.7 Å². The number of nitrogens with two attached hydrogens (primary N) is 1. The molecule has 3 aliphatic carbocycles. The number of aliphatic carboxylic acids is 1. The number of hydrogen-bond acceptors (Lipinski definition) is 17. The number of benzene rings is 4. The van der Waals surface area contributed by atoms with Gasteiger partial charge in [0.05, 0.1) is 45.7 Å². The van der Waals surface area contributed by atoms with Gasteiger partial charge in [0.2, 0.25) is 0 Å². The Labute approximate surface area is 458 Å². The van der Waals surface area contributed by atoms with Crippen molar-refractivity contribution < 1.29 is 82.5 Å². The first-order chi connectivity index (χ1) is 36.7. The third-order valence-corrected chi connectivity index (χ3v) is 16.2. The molecule has 7 N–H and O–H groups in total. The minimum absolute atomic E-state index is 0.00289. The van der Waals surface area contributed by atoms with Crippen LogP contribution >= 0.6 is 23.2 Å². The first kappa shape index (κ1) is 58.8. The van der Waals surface area contributed by atoms with Gasteiger partial charge in [-0.05, 0) is 73.0 Å². The van der Waals surface area contributed by atoms with Crippen molar-refractivity contribution in [1.29, 1.82) is 0 Å². The third-order valence-electron chi connectivity index (χ3n) is 15.4. The summed E-state index contributed by atoms with van der Waals surface area (Å²) >= 11 is 11.4. The molecular formula is C57H60Cl2N2O17. The van der Waals surface area contributed by atoms with E-state index in [9.17, 15) is 48.9 Å². The van der Waals surface area contributed by atoms with Gasteiger partial charge in [0.15, 0.2) is 29.4 Å². The summed E-state index contributed by atoms with van der Waals surface area (Å²) in [5, 5.41) is 49.4. The van der Waals surface area contributed by atoms with Gasteiger partial charge in [-0.25, -0.2) is 9.59 Å². The standard InChI is InChI=1S/C47H51NO14.C10H9Cl2NO3/c1-25-31(60-43(56)36(52)35(28-16-10-7-11-17-28)48-41(54)29-18-12-8-13-19-29)23-47(57)40(61-42(55)30-20-14-9-15-21-30)38-45(6,32(51)22-33-46(38,24-58-33)62-27(3)50)39(53)37(59-26(2)49)34(25)44(47,4)5;11-6-2-1-5(3-7(6)12)9(14)4-8(13)10(15)16/h7-21,31-33,35-38,40,51-52,57H,22-24H2,1-6H3,(H,48,54);1-3,8H,4,13H2,(H,15,16)/t31-,32-,33+,35-,36+,37+,38-,40-,45+,46-,47+;/m0./s1. The topological polar surface area (TPSA) is 302 Å². The monoisotopic (exact) mass is 1110 g/mol. The summed E-state index contributed by atoms with van der Waals surface area (Å²) in [6, 6.07) is 26.1. The number of carboxylic acid groups (broad SMARTS) is 1. The van der Waals surface area contributed by atoms with Crippen LogP contribution in [0.2, 0.25) is 10.0 Å². The number of rotatable bonds is 14. The Kier molecular flexibility index (Phi) is 17.5. The highest BCUT2D eigenvalue weighted by molar-refractivity contribution is 6.42. The molecule has 1 unspecified atom stereocenters. The van der Waals surface area contributed by atoms with Crippen LogP contribution < -0.4 is 11.1 Å². The number of aliphatic hydroxyl groups excluding tert-OH is 2. The van der Waals surface area contributed by atoms with Gasteiger partial charge in [0.1, 0.15) is 30.0 Å². The van der Waals surface area contributed by atoms with Crippen LogP contribution in [0.4, 0.5) is 0 Å². The number of Topliss-reactive ketones (excluding diaryl/α,β-unsaturated/α-hetero) is 2. The van der Waals surface area contributed by atoms with Crippen LogP contribution in [0.25, 0.3) is 0 Å². The van der Waals surface area contributed by atoms with Gasteiger partial charge in [-0.2, -0.15) is 0 Å². The Balaban J connectivity index is 0.000000473. The maximum atomic E-state index is 15.5. The van der Waals surface area contributed by atoms with Crippen molar-refractivity contribution in [3.05, 3.63) is 153 Å². The molecule has 414 valence electrons. The van der Waals surface area contributed by atoms with Gasteiger partial charge in [-0.3, -0.25) is 28.8 Å². The Morgan fingerprint density at radius 3 is 1.94 bits per heavy atom. The third kappa shape index (κ3) is 11.2. The second-order valence-corrected chi connectivity index (χ2v) is 21.4. The maximum absolute atomic E-state index is 15.5. The number of esters is 4. The van der Waals surface area contributed by atoms with E-state index in [2.05, 4.69) is 5.32 Å². The number of hydrogen-bond donors (Lipinski definition) is 6. The number of nitrogens with one attached hydrogen (secondary N) is 1. The Morgan fingerprint density at radius 2 is 1.40 bits per heavy atom. The highest BCUT2D eigenvalue weighted by Crippen LogP contribution is 2.64. The molecule has 1 heterocycles. The number of amides is 1. The molecule has 8 rings (SSSR count). The molecular weight excluding hydrogens is 1060 g/mol. The molecule has 4 aromatic carbocycles. The molecule has 19 nitrogen and oxygen atoms in total. The predicted octanol–water partition coefficient (Wildman–Crippen LogP) is 5.71. The summed E-state index contributed by atoms with van der Waals surface area (Å²) < 4.78 is 30.3. The zero-order valence-electron chi connectivity index (χ0n) is 43.3. The van der Waals surface area contributed by atoms with Crippen LogP contribution in [0.5, 0.6) is 0 Å². The highest BCUT2D eigenvalue weighted by Gasteiger charge is 2.78. The van der Waals surface area contributed by atoms with Crippen molar-refractivity contribution in [2.75, 3.05) is 6.61 Å². The zero-order valence-corrected chi connectivity index (χ0v) is 44.9. The van der Waals surface area contributed by atoms with Crippen LogP contribution in [0.1, 0.15) is 103 Å². The first-order valence-corrected chi connectivity index (χ1v) is 25.6. The van der Waals surface area contributed by atoms with E-state index in [-0.39, 0.29) is 52.5 Å². The van der Waals surface area contributed by atoms with Gasteiger partial charge < -0.3 is 55.2 Å². The number of halogens is 2. The van der Waals surface area contributed by atoms with Crippen molar-refractivity contribution >= 4 is 70.5 Å². The van der Waals surface area contributed by atoms with Gasteiger partial charge in [0, 0.05) is 49.7 Å². The average molecular weight is 1120 g/mol. The number of carboxylic acids is 1. The smallest absolute Gasteiger partial charge is 0.338 e. The SMILES string of the molecule is CC(=O)O[C@H]1C(=O)[C@@]2(C)[C@H]([C@H](OC(=O)c3ccccc3)[C@]3(O)C[C@H](OC(=O)[C@H](O)[C@@H](NC(=O)c4ccccc4)c4ccccc4)C(C)=C1C3(C)C)[C@]1(OC(C)=O)CO[C@@H]1C[C@@H]2O.NC(CC(=O)c1ccc(Cl)c(Cl)c1)C(=O)O. The molecule has 78 heavy (non-hydrogen) atoms. The minimum Gasteiger partial charge on any atom is -0.480 e. The summed E-state index contributed by atoms with van der Waals surface area (Å²) in [5.41, 5.74) is -1.48. The molecule has 12 atom stereocenters. The van der Waals surface area contributed by atoms with Crippen molar-refractivity contribution in [2.24, 2.45) is 22.5 Å². The number of ether oxygens (including phenoxy) is 5. The summed E-state index contributed by atoms with van der Waals surface area (Å²) in [5.74, 6) is -8.44. The quantitative estimate of drug-likeness (QED) is 0.0381. The lowest BCUT2D eigenvalue weighted by molar-refractivity contribution is -0.346. The molecule has 0 spiro atoms. The predicted molar refractivity (Wildman–Crippen MR) is 279 cm³/mol.